The number of hydrogen-bond acceptors (Lipinski definition) is 6. The lowest BCUT2D eigenvalue weighted by atomic mass is 9.98. The molecule has 0 aliphatic heterocycles. The molecule has 1 heterocycles. The van der Waals surface area contributed by atoms with Crippen LogP contribution in [0.2, 0.25) is 0 Å². The van der Waals surface area contributed by atoms with Crippen molar-refractivity contribution >= 4 is 45.0 Å². The monoisotopic (exact) mass is 407 g/mol. The highest BCUT2D eigenvalue weighted by molar-refractivity contribution is 9.11. The number of nitrogens with one attached hydrogen (secondary N) is 1. The van der Waals surface area contributed by atoms with Crippen LogP contribution >= 0.6 is 27.3 Å². The molecule has 2 unspecified atom stereocenters. The van der Waals surface area contributed by atoms with Gasteiger partial charge in [-0.1, -0.05) is 6.92 Å². The number of carbonyl (C=O) groups is 2. The van der Waals surface area contributed by atoms with E-state index in [1.54, 1.807) is 33.8 Å². The van der Waals surface area contributed by atoms with Gasteiger partial charge in [0.15, 0.2) is 0 Å². The SMILES string of the molecule is CCC(C(=O)OC)C(O)c1sc(Br)cc1NC(=O)OC(C)(C)C. The van der Waals surface area contributed by atoms with Gasteiger partial charge in [-0.3, -0.25) is 10.1 Å². The fourth-order valence-electron chi connectivity index (χ4n) is 1.96. The average molecular weight is 408 g/mol. The molecular formula is C15H22BrNO5S. The van der Waals surface area contributed by atoms with E-state index in [1.807, 2.05) is 0 Å². The van der Waals surface area contributed by atoms with Crippen LogP contribution in [0.3, 0.4) is 0 Å². The van der Waals surface area contributed by atoms with E-state index in [0.29, 0.717) is 17.0 Å². The molecule has 6 nitrogen and oxygen atoms in total. The van der Waals surface area contributed by atoms with E-state index in [9.17, 15) is 14.7 Å². The number of aliphatic hydroxyl groups is 1. The summed E-state index contributed by atoms with van der Waals surface area (Å²) in [6.07, 6.45) is -1.29. The summed E-state index contributed by atoms with van der Waals surface area (Å²) in [4.78, 5) is 24.2. The molecule has 0 aromatic carbocycles. The predicted octanol–water partition coefficient (Wildman–Crippen LogP) is 4.09. The average Bonchev–Trinajstić information content (AvgIpc) is 2.77. The Kier molecular flexibility index (Phi) is 7.03. The molecule has 0 saturated carbocycles. The van der Waals surface area contributed by atoms with Crippen LogP contribution in [0.1, 0.15) is 45.1 Å². The second-order valence-electron chi connectivity index (χ2n) is 5.94. The Balaban J connectivity index is 3.00. The summed E-state index contributed by atoms with van der Waals surface area (Å²) in [5.74, 6) is -1.20. The highest BCUT2D eigenvalue weighted by Crippen LogP contribution is 2.40. The van der Waals surface area contributed by atoms with Crippen molar-refractivity contribution in [3.05, 3.63) is 14.7 Å². The molecule has 130 valence electrons. The number of methoxy groups -OCH3 is 1. The van der Waals surface area contributed by atoms with Gasteiger partial charge in [-0.15, -0.1) is 11.3 Å². The summed E-state index contributed by atoms with van der Waals surface area (Å²) in [5.41, 5.74) is -0.223. The topological polar surface area (TPSA) is 84.9 Å². The number of thiophene rings is 1. The number of rotatable bonds is 5. The molecule has 0 fully saturated rings. The van der Waals surface area contributed by atoms with Gasteiger partial charge in [-0.05, 0) is 49.2 Å². The lowest BCUT2D eigenvalue weighted by Gasteiger charge is -2.21. The number of hydrogen-bond donors (Lipinski definition) is 2. The van der Waals surface area contributed by atoms with Crippen molar-refractivity contribution in [2.75, 3.05) is 12.4 Å². The van der Waals surface area contributed by atoms with Crippen LogP contribution in [0.4, 0.5) is 10.5 Å². The quantitative estimate of drug-likeness (QED) is 0.717. The van der Waals surface area contributed by atoms with Crippen LogP contribution in [0.25, 0.3) is 0 Å². The molecule has 0 spiro atoms. The Morgan fingerprint density at radius 1 is 1.43 bits per heavy atom. The van der Waals surface area contributed by atoms with Gasteiger partial charge in [-0.25, -0.2) is 4.79 Å². The van der Waals surface area contributed by atoms with Crippen molar-refractivity contribution in [1.29, 1.82) is 0 Å². The second-order valence-corrected chi connectivity index (χ2v) is 8.40. The summed E-state index contributed by atoms with van der Waals surface area (Å²) in [5, 5.41) is 13.1. The molecule has 0 radical (unpaired) electrons. The first-order chi connectivity index (χ1) is 10.6. The molecule has 8 heteroatoms. The number of carbonyl (C=O) groups excluding carboxylic acids is 2. The zero-order valence-corrected chi connectivity index (χ0v) is 16.2. The standard InChI is InChI=1S/C15H22BrNO5S/c1-6-8(13(19)21-5)11(18)12-9(7-10(16)23-12)17-14(20)22-15(2,3)4/h7-8,11,18H,6H2,1-5H3,(H,17,20). The Hall–Kier alpha value is -1.12. The molecule has 0 saturated heterocycles. The first kappa shape index (κ1) is 19.9. The molecular weight excluding hydrogens is 386 g/mol. The molecule has 2 atom stereocenters. The zero-order valence-electron chi connectivity index (χ0n) is 13.8. The minimum absolute atomic E-state index is 0.408. The number of anilines is 1. The fourth-order valence-corrected chi connectivity index (χ4v) is 3.60. The first-order valence-corrected chi connectivity index (χ1v) is 8.75. The molecule has 1 aromatic heterocycles. The van der Waals surface area contributed by atoms with Gasteiger partial charge in [0.25, 0.3) is 0 Å². The summed E-state index contributed by atoms with van der Waals surface area (Å²) in [6.45, 7) is 7.07. The van der Waals surface area contributed by atoms with Crippen molar-refractivity contribution in [2.24, 2.45) is 5.92 Å². The minimum atomic E-state index is -1.08. The van der Waals surface area contributed by atoms with E-state index in [0.717, 1.165) is 3.79 Å². The Morgan fingerprint density at radius 3 is 2.52 bits per heavy atom. The highest BCUT2D eigenvalue weighted by atomic mass is 79.9. The van der Waals surface area contributed by atoms with Crippen LogP contribution in [0, 0.1) is 5.92 Å². The molecule has 1 amide bonds. The van der Waals surface area contributed by atoms with Crippen LogP contribution < -0.4 is 5.32 Å². The molecule has 1 rings (SSSR count). The van der Waals surface area contributed by atoms with Crippen LogP contribution in [-0.4, -0.2) is 29.9 Å². The van der Waals surface area contributed by atoms with E-state index >= 15 is 0 Å². The van der Waals surface area contributed by atoms with Crippen molar-refractivity contribution in [3.63, 3.8) is 0 Å². The molecule has 0 aliphatic rings. The van der Waals surface area contributed by atoms with E-state index in [4.69, 9.17) is 9.47 Å². The maximum Gasteiger partial charge on any atom is 0.412 e. The maximum atomic E-state index is 11.9. The van der Waals surface area contributed by atoms with Crippen molar-refractivity contribution in [3.8, 4) is 0 Å². The summed E-state index contributed by atoms with van der Waals surface area (Å²) < 4.78 is 10.6. The number of halogens is 1. The Labute approximate surface area is 148 Å². The lowest BCUT2D eigenvalue weighted by molar-refractivity contribution is -0.149. The van der Waals surface area contributed by atoms with E-state index in [1.165, 1.54) is 18.4 Å². The molecule has 0 bridgehead atoms. The third-order valence-electron chi connectivity index (χ3n) is 2.96. The van der Waals surface area contributed by atoms with Crippen molar-refractivity contribution in [2.45, 2.75) is 45.8 Å². The van der Waals surface area contributed by atoms with E-state index in [-0.39, 0.29) is 0 Å². The van der Waals surface area contributed by atoms with Crippen molar-refractivity contribution in [1.82, 2.24) is 0 Å². The zero-order chi connectivity index (χ0) is 17.8. The van der Waals surface area contributed by atoms with Gasteiger partial charge < -0.3 is 14.6 Å². The van der Waals surface area contributed by atoms with Crippen molar-refractivity contribution < 1.29 is 24.2 Å². The van der Waals surface area contributed by atoms with Crippen LogP contribution in [0.15, 0.2) is 9.85 Å². The number of aliphatic hydroxyl groups excluding tert-OH is 1. The molecule has 1 aromatic rings. The molecule has 2 N–H and O–H groups in total. The Morgan fingerprint density at radius 2 is 2.04 bits per heavy atom. The molecule has 23 heavy (non-hydrogen) atoms. The van der Waals surface area contributed by atoms with Gasteiger partial charge in [-0.2, -0.15) is 0 Å². The number of ether oxygens (including phenoxy) is 2. The minimum Gasteiger partial charge on any atom is -0.469 e. The van der Waals surface area contributed by atoms with E-state index in [2.05, 4.69) is 21.2 Å². The van der Waals surface area contributed by atoms with Gasteiger partial charge in [0.1, 0.15) is 11.7 Å². The van der Waals surface area contributed by atoms with Gasteiger partial charge in [0.05, 0.1) is 27.4 Å². The van der Waals surface area contributed by atoms with E-state index < -0.39 is 29.7 Å². The third-order valence-corrected chi connectivity index (χ3v) is 4.67. The fraction of sp³-hybridized carbons (Fsp3) is 0.600. The second kappa shape index (κ2) is 8.12. The maximum absolute atomic E-state index is 11.9. The third kappa shape index (κ3) is 5.78. The van der Waals surface area contributed by atoms with Gasteiger partial charge >= 0.3 is 12.1 Å². The number of esters is 1. The van der Waals surface area contributed by atoms with Crippen LogP contribution in [0.5, 0.6) is 0 Å². The lowest BCUT2D eigenvalue weighted by Crippen LogP contribution is -2.28. The molecule has 0 aliphatic carbocycles. The van der Waals surface area contributed by atoms with Crippen LogP contribution in [-0.2, 0) is 14.3 Å². The smallest absolute Gasteiger partial charge is 0.412 e. The normalized spacial score (nSPS) is 14.0. The number of amides is 1. The highest BCUT2D eigenvalue weighted by Gasteiger charge is 2.31. The largest absolute Gasteiger partial charge is 0.469 e. The predicted molar refractivity (Wildman–Crippen MR) is 92.6 cm³/mol. The first-order valence-electron chi connectivity index (χ1n) is 7.14. The summed E-state index contributed by atoms with van der Waals surface area (Å²) >= 11 is 4.57. The summed E-state index contributed by atoms with van der Waals surface area (Å²) in [6, 6.07) is 1.66. The van der Waals surface area contributed by atoms with Gasteiger partial charge in [0.2, 0.25) is 0 Å². The Bertz CT molecular complexity index is 567. The van der Waals surface area contributed by atoms with Gasteiger partial charge in [0, 0.05) is 0 Å². The summed E-state index contributed by atoms with van der Waals surface area (Å²) in [7, 11) is 1.28.